The van der Waals surface area contributed by atoms with Crippen molar-refractivity contribution in [3.05, 3.63) is 47.6 Å². The third-order valence-electron chi connectivity index (χ3n) is 3.55. The van der Waals surface area contributed by atoms with E-state index in [1.165, 1.54) is 12.8 Å². The second-order valence-electron chi connectivity index (χ2n) is 5.21. The van der Waals surface area contributed by atoms with Crippen molar-refractivity contribution >= 4 is 5.91 Å². The van der Waals surface area contributed by atoms with Gasteiger partial charge < -0.3 is 9.84 Å². The summed E-state index contributed by atoms with van der Waals surface area (Å²) in [6, 6.07) is 5.47. The lowest BCUT2D eigenvalue weighted by Crippen LogP contribution is -2.23. The summed E-state index contributed by atoms with van der Waals surface area (Å²) in [5.74, 6) is 0.513. The summed E-state index contributed by atoms with van der Waals surface area (Å²) >= 11 is 0. The fourth-order valence-corrected chi connectivity index (χ4v) is 2.43. The summed E-state index contributed by atoms with van der Waals surface area (Å²) in [6.45, 7) is 3.33. The van der Waals surface area contributed by atoms with E-state index >= 15 is 0 Å². The maximum atomic E-state index is 12.0. The predicted molar refractivity (Wildman–Crippen MR) is 76.4 cm³/mol. The van der Waals surface area contributed by atoms with Crippen molar-refractivity contribution < 1.29 is 9.32 Å². The Kier molecular flexibility index (Phi) is 4.25. The lowest BCUT2D eigenvalue weighted by Gasteiger charge is -2.10. The van der Waals surface area contributed by atoms with Crippen LogP contribution in [0.15, 0.2) is 35.1 Å². The van der Waals surface area contributed by atoms with E-state index in [2.05, 4.69) is 20.4 Å². The zero-order chi connectivity index (χ0) is 14.5. The molecule has 0 radical (unpaired) electrons. The number of carbonyl (C=O) groups excluding carboxylic acids is 1. The number of nitrogens with zero attached hydrogens (tertiary/aromatic N) is 3. The van der Waals surface area contributed by atoms with Gasteiger partial charge in [0.1, 0.15) is 0 Å². The van der Waals surface area contributed by atoms with Crippen LogP contribution in [0.25, 0.3) is 0 Å². The summed E-state index contributed by atoms with van der Waals surface area (Å²) in [6.07, 6.45) is 5.88. The van der Waals surface area contributed by atoms with Crippen molar-refractivity contribution in [2.45, 2.75) is 25.9 Å². The number of hydrogen-bond donors (Lipinski definition) is 1. The SMILES string of the molecule is O=C(NCc1cccnc1)c1cc(CN2CCCC2)on1. The standard InChI is InChI=1S/C15H18N4O2/c20-15(17-10-12-4-3-5-16-9-12)14-8-13(21-18-14)11-19-6-1-2-7-19/h3-5,8-9H,1-2,6-7,10-11H2,(H,17,20). The van der Waals surface area contributed by atoms with E-state index in [1.54, 1.807) is 18.5 Å². The first-order valence-corrected chi connectivity index (χ1v) is 7.16. The van der Waals surface area contributed by atoms with Crippen molar-refractivity contribution in [1.82, 2.24) is 20.4 Å². The van der Waals surface area contributed by atoms with Gasteiger partial charge in [-0.1, -0.05) is 11.2 Å². The van der Waals surface area contributed by atoms with Crippen molar-refractivity contribution in [3.63, 3.8) is 0 Å². The van der Waals surface area contributed by atoms with Crippen molar-refractivity contribution in [2.75, 3.05) is 13.1 Å². The van der Waals surface area contributed by atoms with E-state index in [-0.39, 0.29) is 5.91 Å². The molecule has 2 aromatic heterocycles. The van der Waals surface area contributed by atoms with Crippen LogP contribution in [0, 0.1) is 0 Å². The fraction of sp³-hybridized carbons (Fsp3) is 0.400. The van der Waals surface area contributed by atoms with Gasteiger partial charge in [-0.25, -0.2) is 0 Å². The molecular formula is C15H18N4O2. The van der Waals surface area contributed by atoms with E-state index in [4.69, 9.17) is 4.52 Å². The summed E-state index contributed by atoms with van der Waals surface area (Å²) in [4.78, 5) is 18.3. The lowest BCUT2D eigenvalue weighted by molar-refractivity contribution is 0.0941. The molecule has 1 saturated heterocycles. The molecule has 3 heterocycles. The first-order valence-electron chi connectivity index (χ1n) is 7.16. The highest BCUT2D eigenvalue weighted by Crippen LogP contribution is 2.13. The fourth-order valence-electron chi connectivity index (χ4n) is 2.43. The van der Waals surface area contributed by atoms with E-state index in [1.807, 2.05) is 12.1 Å². The number of pyridine rings is 1. The average Bonchev–Trinajstić information content (AvgIpc) is 3.18. The summed E-state index contributed by atoms with van der Waals surface area (Å²) in [5, 5.41) is 6.65. The first-order chi connectivity index (χ1) is 10.3. The van der Waals surface area contributed by atoms with Crippen LogP contribution in [0.2, 0.25) is 0 Å². The van der Waals surface area contributed by atoms with Crippen LogP contribution in [0.3, 0.4) is 0 Å². The molecule has 110 valence electrons. The van der Waals surface area contributed by atoms with Gasteiger partial charge in [-0.15, -0.1) is 0 Å². The Morgan fingerprint density at radius 3 is 3.00 bits per heavy atom. The molecule has 0 unspecified atom stereocenters. The molecule has 0 saturated carbocycles. The quantitative estimate of drug-likeness (QED) is 0.904. The van der Waals surface area contributed by atoms with Crippen LogP contribution in [0.1, 0.15) is 34.7 Å². The monoisotopic (exact) mass is 286 g/mol. The van der Waals surface area contributed by atoms with E-state index in [0.717, 1.165) is 31.0 Å². The minimum absolute atomic E-state index is 0.227. The molecule has 0 aliphatic carbocycles. The number of amides is 1. The minimum Gasteiger partial charge on any atom is -0.359 e. The normalized spacial score (nSPS) is 15.2. The predicted octanol–water partition coefficient (Wildman–Crippen LogP) is 1.60. The second kappa shape index (κ2) is 6.49. The number of aromatic nitrogens is 2. The molecule has 6 heteroatoms. The zero-order valence-electron chi connectivity index (χ0n) is 11.8. The highest BCUT2D eigenvalue weighted by Gasteiger charge is 2.17. The Bertz CT molecular complexity index is 591. The molecule has 6 nitrogen and oxygen atoms in total. The van der Waals surface area contributed by atoms with E-state index in [9.17, 15) is 4.79 Å². The number of hydrogen-bond acceptors (Lipinski definition) is 5. The van der Waals surface area contributed by atoms with E-state index < -0.39 is 0 Å². The van der Waals surface area contributed by atoms with Gasteiger partial charge in [0.15, 0.2) is 11.5 Å². The smallest absolute Gasteiger partial charge is 0.273 e. The van der Waals surface area contributed by atoms with Crippen LogP contribution in [0.4, 0.5) is 0 Å². The molecule has 0 atom stereocenters. The van der Waals surface area contributed by atoms with Crippen LogP contribution in [-0.4, -0.2) is 34.0 Å². The van der Waals surface area contributed by atoms with Gasteiger partial charge in [0.25, 0.3) is 5.91 Å². The molecule has 1 aliphatic rings. The van der Waals surface area contributed by atoms with E-state index in [0.29, 0.717) is 12.2 Å². The van der Waals surface area contributed by atoms with Crippen molar-refractivity contribution in [3.8, 4) is 0 Å². The Morgan fingerprint density at radius 2 is 2.24 bits per heavy atom. The third kappa shape index (κ3) is 3.66. The Morgan fingerprint density at radius 1 is 1.38 bits per heavy atom. The molecule has 2 aromatic rings. The topological polar surface area (TPSA) is 71.3 Å². The molecular weight excluding hydrogens is 268 g/mol. The van der Waals surface area contributed by atoms with Gasteiger partial charge >= 0.3 is 0 Å². The first kappa shape index (κ1) is 13.8. The highest BCUT2D eigenvalue weighted by molar-refractivity contribution is 5.92. The summed E-state index contributed by atoms with van der Waals surface area (Å²) < 4.78 is 5.23. The van der Waals surface area contributed by atoms with Crippen LogP contribution in [0.5, 0.6) is 0 Å². The lowest BCUT2D eigenvalue weighted by atomic mass is 10.3. The minimum atomic E-state index is -0.227. The Balaban J connectivity index is 1.54. The van der Waals surface area contributed by atoms with Crippen molar-refractivity contribution in [1.29, 1.82) is 0 Å². The maximum absolute atomic E-state index is 12.0. The van der Waals surface area contributed by atoms with Crippen LogP contribution < -0.4 is 5.32 Å². The molecule has 1 fully saturated rings. The molecule has 21 heavy (non-hydrogen) atoms. The number of rotatable bonds is 5. The zero-order valence-corrected chi connectivity index (χ0v) is 11.8. The molecule has 0 aromatic carbocycles. The number of likely N-dealkylation sites (tertiary alicyclic amines) is 1. The van der Waals surface area contributed by atoms with Crippen LogP contribution >= 0.6 is 0 Å². The number of carbonyl (C=O) groups is 1. The Labute approximate surface area is 123 Å². The van der Waals surface area contributed by atoms with Gasteiger partial charge in [0.2, 0.25) is 0 Å². The highest BCUT2D eigenvalue weighted by atomic mass is 16.5. The van der Waals surface area contributed by atoms with Gasteiger partial charge in [-0.05, 0) is 37.6 Å². The second-order valence-corrected chi connectivity index (χ2v) is 5.21. The largest absolute Gasteiger partial charge is 0.359 e. The van der Waals surface area contributed by atoms with Gasteiger partial charge in [0.05, 0.1) is 6.54 Å². The van der Waals surface area contributed by atoms with Crippen LogP contribution in [-0.2, 0) is 13.1 Å². The van der Waals surface area contributed by atoms with Gasteiger partial charge in [-0.3, -0.25) is 14.7 Å². The Hall–Kier alpha value is -2.21. The molecule has 3 rings (SSSR count). The summed E-state index contributed by atoms with van der Waals surface area (Å²) in [5.41, 5.74) is 1.28. The van der Waals surface area contributed by atoms with Crippen molar-refractivity contribution in [2.24, 2.45) is 0 Å². The molecule has 0 bridgehead atoms. The molecule has 1 N–H and O–H groups in total. The molecule has 1 aliphatic heterocycles. The summed E-state index contributed by atoms with van der Waals surface area (Å²) in [7, 11) is 0. The van der Waals surface area contributed by atoms with Gasteiger partial charge in [0, 0.05) is 25.0 Å². The molecule has 1 amide bonds. The number of nitrogens with one attached hydrogen (secondary N) is 1. The molecule has 0 spiro atoms. The van der Waals surface area contributed by atoms with Gasteiger partial charge in [-0.2, -0.15) is 0 Å². The maximum Gasteiger partial charge on any atom is 0.273 e. The third-order valence-corrected chi connectivity index (χ3v) is 3.55. The average molecular weight is 286 g/mol.